The van der Waals surface area contributed by atoms with Crippen molar-refractivity contribution >= 4 is 14.5 Å². The Hall–Kier alpha value is 0.775. The van der Waals surface area contributed by atoms with Crippen LogP contribution in [-0.4, -0.2) is 11.1 Å². The van der Waals surface area contributed by atoms with Crippen molar-refractivity contribution < 1.29 is 68.1 Å². The number of phenolic OH excluding ortho intramolecular Hbond substituents is 1. The number of hydrogen-bond donors (Lipinski definition) is 1. The van der Waals surface area contributed by atoms with E-state index >= 15 is 0 Å². The molecule has 1 aromatic carbocycles. The molecule has 0 spiro atoms. The summed E-state index contributed by atoms with van der Waals surface area (Å²) in [7, 11) is 1.33. The Morgan fingerprint density at radius 3 is 2.87 bits per heavy atom. The number of benzene rings is 1. The van der Waals surface area contributed by atoms with Crippen LogP contribution >= 0.6 is 8.52 Å². The number of para-hydroxylation sites is 1. The van der Waals surface area contributed by atoms with Crippen molar-refractivity contribution in [2.45, 2.75) is 10.9 Å². The van der Waals surface area contributed by atoms with Gasteiger partial charge in [0.2, 0.25) is 0 Å². The first-order valence-corrected chi connectivity index (χ1v) is 15.9. The van der Waals surface area contributed by atoms with E-state index in [4.69, 9.17) is 4.18 Å². The maximum Gasteiger partial charge on any atom is 1.00 e. The van der Waals surface area contributed by atoms with Crippen molar-refractivity contribution in [1.82, 2.24) is 0 Å². The molecule has 1 aromatic rings. The van der Waals surface area contributed by atoms with E-state index in [1.165, 1.54) is 18.5 Å². The van der Waals surface area contributed by atoms with Gasteiger partial charge in [0.15, 0.2) is 0 Å². The van der Waals surface area contributed by atoms with Crippen LogP contribution in [0.3, 0.4) is 0 Å². The van der Waals surface area contributed by atoms with Gasteiger partial charge in [0.1, 0.15) is 0 Å². The number of phenols is 1. The maximum absolute atomic E-state index is 11.4. The van der Waals surface area contributed by atoms with Crippen LogP contribution in [0.15, 0.2) is 24.3 Å². The Labute approximate surface area is 128 Å². The molecule has 0 fully saturated rings. The third kappa shape index (κ3) is 5.59. The van der Waals surface area contributed by atoms with E-state index in [-0.39, 0.29) is 42.3 Å². The topological polar surface area (TPSA) is 46.5 Å². The zero-order chi connectivity index (χ0) is 10.4. The molecule has 1 rings (SSSR count). The first-order chi connectivity index (χ1) is 6.75. The van der Waals surface area contributed by atoms with Gasteiger partial charge in [-0.15, -0.1) is 0 Å². The van der Waals surface area contributed by atoms with Crippen molar-refractivity contribution in [2.75, 3.05) is 0 Å². The molecule has 0 atom stereocenters. The van der Waals surface area contributed by atoms with Crippen molar-refractivity contribution in [1.29, 1.82) is 0 Å². The second-order valence-corrected chi connectivity index (χ2v) is 14.9. The second-order valence-electron chi connectivity index (χ2n) is 2.71. The zero-order valence-electron chi connectivity index (χ0n) is 9.90. The standard InChI is InChI=1S/C7H6O3S.C2H5.Hg.Na.H/c8-6-4-2-1-3-5(6)7(9)10-11;1-2;;;/h1-4,8,11H;1H2,2H3;;;/q;;2*+1;-1/p-1. The quantitative estimate of drug-likeness (QED) is 0.413. The summed E-state index contributed by atoms with van der Waals surface area (Å²) in [6.07, 6.45) is 0. The normalized spacial score (nSPS) is 8.60. The van der Waals surface area contributed by atoms with Crippen LogP contribution in [0.2, 0.25) is 3.93 Å². The van der Waals surface area contributed by atoms with Gasteiger partial charge in [0, 0.05) is 0 Å². The Morgan fingerprint density at radius 2 is 2.27 bits per heavy atom. The van der Waals surface area contributed by atoms with Gasteiger partial charge in [0.25, 0.3) is 0 Å². The van der Waals surface area contributed by atoms with Crippen molar-refractivity contribution in [2.24, 2.45) is 0 Å². The zero-order valence-corrected chi connectivity index (χ0v) is 17.2. The van der Waals surface area contributed by atoms with E-state index in [0.29, 0.717) is 0 Å². The molecule has 0 bridgehead atoms. The van der Waals surface area contributed by atoms with E-state index in [1.807, 2.05) is 0 Å². The first-order valence-electron chi connectivity index (χ1n) is 4.37. The number of hydrogen-bond acceptors (Lipinski definition) is 4. The van der Waals surface area contributed by atoms with Crippen molar-refractivity contribution in [3.8, 4) is 5.75 Å². The molecule has 74 valence electrons. The van der Waals surface area contributed by atoms with E-state index < -0.39 is 29.0 Å². The van der Waals surface area contributed by atoms with Crippen LogP contribution in [0.4, 0.5) is 0 Å². The summed E-state index contributed by atoms with van der Waals surface area (Å²) in [5.41, 5.74) is 0.240. The number of carbonyl (C=O) groups is 1. The van der Waals surface area contributed by atoms with Crippen LogP contribution in [0.1, 0.15) is 18.7 Å². The third-order valence-electron chi connectivity index (χ3n) is 1.55. The summed E-state index contributed by atoms with van der Waals surface area (Å²) in [6.45, 7) is 2.10. The molecule has 0 aliphatic carbocycles. The van der Waals surface area contributed by atoms with Gasteiger partial charge in [-0.1, -0.05) is 0 Å². The third-order valence-corrected chi connectivity index (χ3v) is 10.5. The SMILES string of the molecule is C[CH2][Hg][S]OC(=O)c1ccccc1O.[H-].[Na+]. The average molecular weight is 423 g/mol. The Bertz CT molecular complexity index is 327. The fourth-order valence-electron chi connectivity index (χ4n) is 0.870. The molecule has 6 heteroatoms. The predicted octanol–water partition coefficient (Wildman–Crippen LogP) is -0.251. The smallest absolute Gasteiger partial charge is 1.00 e. The van der Waals surface area contributed by atoms with Crippen molar-refractivity contribution in [3.05, 3.63) is 29.8 Å². The van der Waals surface area contributed by atoms with Gasteiger partial charge in [-0.25, -0.2) is 0 Å². The molecule has 0 amide bonds. The average Bonchev–Trinajstić information content (AvgIpc) is 2.18. The molecule has 3 nitrogen and oxygen atoms in total. The summed E-state index contributed by atoms with van der Waals surface area (Å²) < 4.78 is 6.13. The molecule has 15 heavy (non-hydrogen) atoms. The Balaban J connectivity index is 0. The summed E-state index contributed by atoms with van der Waals surface area (Å²) in [5, 5.41) is 9.35. The minimum Gasteiger partial charge on any atom is -1.00 e. The van der Waals surface area contributed by atoms with Crippen LogP contribution in [0.25, 0.3) is 0 Å². The number of aromatic hydroxyl groups is 1. The molecule has 0 saturated heterocycles. The fourth-order valence-corrected chi connectivity index (χ4v) is 5.48. The van der Waals surface area contributed by atoms with Crippen LogP contribution in [0.5, 0.6) is 5.75 Å². The predicted molar refractivity (Wildman–Crippen MR) is 52.7 cm³/mol. The van der Waals surface area contributed by atoms with Gasteiger partial charge >= 0.3 is 128 Å². The summed E-state index contributed by atoms with van der Waals surface area (Å²) in [4.78, 5) is 11.4. The molecule has 0 radical (unpaired) electrons. The Morgan fingerprint density at radius 1 is 1.60 bits per heavy atom. The molecule has 0 aliphatic rings. The summed E-state index contributed by atoms with van der Waals surface area (Å²) in [6, 6.07) is 6.41. The molecule has 0 saturated carbocycles. The largest absolute Gasteiger partial charge is 1.00 e. The maximum atomic E-state index is 11.4. The van der Waals surface area contributed by atoms with Gasteiger partial charge in [-0.05, 0) is 0 Å². The number of rotatable bonds is 4. The summed E-state index contributed by atoms with van der Waals surface area (Å²) >= 11 is -1.01. The molecule has 0 heterocycles. The van der Waals surface area contributed by atoms with E-state index in [9.17, 15) is 9.90 Å². The van der Waals surface area contributed by atoms with Gasteiger partial charge in [0.05, 0.1) is 0 Å². The first kappa shape index (κ1) is 15.8. The van der Waals surface area contributed by atoms with Crippen LogP contribution in [-0.2, 0) is 27.2 Å². The Kier molecular flexibility index (Phi) is 9.33. The molecule has 0 aromatic heterocycles. The minimum absolute atomic E-state index is 0. The van der Waals surface area contributed by atoms with Crippen LogP contribution < -0.4 is 29.6 Å². The summed E-state index contributed by atoms with van der Waals surface area (Å²) in [5.74, 6) is -0.465. The fraction of sp³-hybridized carbons (Fsp3) is 0.222. The van der Waals surface area contributed by atoms with E-state index in [2.05, 4.69) is 6.92 Å². The van der Waals surface area contributed by atoms with E-state index in [1.54, 1.807) is 18.2 Å². The van der Waals surface area contributed by atoms with Crippen molar-refractivity contribution in [3.63, 3.8) is 0 Å². The monoisotopic (exact) mass is 424 g/mol. The number of carbonyl (C=O) groups excluding carboxylic acids is 1. The van der Waals surface area contributed by atoms with Gasteiger partial charge in [-0.3, -0.25) is 0 Å². The van der Waals surface area contributed by atoms with Gasteiger partial charge in [-0.2, -0.15) is 0 Å². The molecule has 0 unspecified atom stereocenters. The van der Waals surface area contributed by atoms with Gasteiger partial charge < -0.3 is 1.43 Å². The molecular weight excluding hydrogens is 412 g/mol. The van der Waals surface area contributed by atoms with Crippen LogP contribution in [0, 0.1) is 0 Å². The minimum atomic E-state index is -1.01. The second kappa shape index (κ2) is 8.87. The molecule has 0 aliphatic heterocycles. The van der Waals surface area contributed by atoms with E-state index in [0.717, 1.165) is 0 Å². The molecule has 1 N–H and O–H groups in total. The molecular formula is C9H11HgNaO3S.